The van der Waals surface area contributed by atoms with E-state index in [4.69, 9.17) is 6.42 Å². The molecule has 1 nitrogen and oxygen atoms in total. The zero-order chi connectivity index (χ0) is 8.91. The molecule has 0 unspecified atom stereocenters. The van der Waals surface area contributed by atoms with E-state index in [0.717, 1.165) is 12.8 Å². The summed E-state index contributed by atoms with van der Waals surface area (Å²) in [6.07, 6.45) is 7.46. The standard InChI is InChI=1S/C10H16O/c1-5-6-7-10(3,4)8-9(2)11/h1H,6-8H2,2-4H3. The van der Waals surface area contributed by atoms with Crippen LogP contribution in [0.15, 0.2) is 0 Å². The zero-order valence-corrected chi connectivity index (χ0v) is 7.61. The molecule has 0 rings (SSSR count). The van der Waals surface area contributed by atoms with Crippen molar-refractivity contribution < 1.29 is 4.79 Å². The highest BCUT2D eigenvalue weighted by Gasteiger charge is 2.18. The highest BCUT2D eigenvalue weighted by molar-refractivity contribution is 5.76. The van der Waals surface area contributed by atoms with E-state index >= 15 is 0 Å². The van der Waals surface area contributed by atoms with Crippen LogP contribution in [0.4, 0.5) is 0 Å². The Morgan fingerprint density at radius 2 is 2.09 bits per heavy atom. The Kier molecular flexibility index (Phi) is 3.89. The maximum Gasteiger partial charge on any atom is 0.130 e. The fourth-order valence-electron chi connectivity index (χ4n) is 1.17. The van der Waals surface area contributed by atoms with Crippen molar-refractivity contribution in [1.82, 2.24) is 0 Å². The van der Waals surface area contributed by atoms with Crippen LogP contribution in [0.2, 0.25) is 0 Å². The molecule has 1 heteroatoms. The van der Waals surface area contributed by atoms with Gasteiger partial charge in [0.2, 0.25) is 0 Å². The minimum Gasteiger partial charge on any atom is -0.300 e. The van der Waals surface area contributed by atoms with Crippen LogP contribution in [0, 0.1) is 17.8 Å². The van der Waals surface area contributed by atoms with Gasteiger partial charge in [-0.3, -0.25) is 0 Å². The molecule has 0 spiro atoms. The predicted molar refractivity (Wildman–Crippen MR) is 47.1 cm³/mol. The molecule has 0 aromatic heterocycles. The molecule has 0 aliphatic rings. The van der Waals surface area contributed by atoms with Gasteiger partial charge in [-0.05, 0) is 18.8 Å². The number of hydrogen-bond donors (Lipinski definition) is 0. The maximum atomic E-state index is 10.8. The van der Waals surface area contributed by atoms with Gasteiger partial charge >= 0.3 is 0 Å². The Balaban J connectivity index is 3.81. The van der Waals surface area contributed by atoms with Crippen LogP contribution in [0.25, 0.3) is 0 Å². The first kappa shape index (κ1) is 10.2. The molecule has 0 aliphatic carbocycles. The molecule has 0 atom stereocenters. The van der Waals surface area contributed by atoms with Gasteiger partial charge in [-0.25, -0.2) is 0 Å². The molecule has 0 amide bonds. The van der Waals surface area contributed by atoms with E-state index < -0.39 is 0 Å². The third-order valence-electron chi connectivity index (χ3n) is 1.67. The lowest BCUT2D eigenvalue weighted by Crippen LogP contribution is -2.14. The summed E-state index contributed by atoms with van der Waals surface area (Å²) in [6, 6.07) is 0. The van der Waals surface area contributed by atoms with E-state index in [-0.39, 0.29) is 11.2 Å². The lowest BCUT2D eigenvalue weighted by atomic mass is 9.83. The molecular weight excluding hydrogens is 136 g/mol. The van der Waals surface area contributed by atoms with Crippen LogP contribution in [0.3, 0.4) is 0 Å². The monoisotopic (exact) mass is 152 g/mol. The molecule has 0 aromatic rings. The molecule has 62 valence electrons. The predicted octanol–water partition coefficient (Wildman–Crippen LogP) is 2.41. The number of terminal acetylenes is 1. The minimum atomic E-state index is 0.0816. The van der Waals surface area contributed by atoms with E-state index in [2.05, 4.69) is 19.8 Å². The van der Waals surface area contributed by atoms with Crippen molar-refractivity contribution in [2.75, 3.05) is 0 Å². The minimum absolute atomic E-state index is 0.0816. The zero-order valence-electron chi connectivity index (χ0n) is 7.61. The van der Waals surface area contributed by atoms with Gasteiger partial charge in [-0.15, -0.1) is 12.3 Å². The fraction of sp³-hybridized carbons (Fsp3) is 0.700. The quantitative estimate of drug-likeness (QED) is 0.565. The van der Waals surface area contributed by atoms with E-state index in [1.807, 2.05) is 0 Å². The Morgan fingerprint density at radius 3 is 2.45 bits per heavy atom. The number of hydrogen-bond acceptors (Lipinski definition) is 1. The average molecular weight is 152 g/mol. The molecule has 0 heterocycles. The van der Waals surface area contributed by atoms with Gasteiger partial charge in [-0.1, -0.05) is 13.8 Å². The van der Waals surface area contributed by atoms with Crippen molar-refractivity contribution in [2.24, 2.45) is 5.41 Å². The number of ketones is 1. The SMILES string of the molecule is C#CCCC(C)(C)CC(C)=O. The third kappa shape index (κ3) is 5.66. The van der Waals surface area contributed by atoms with Crippen LogP contribution < -0.4 is 0 Å². The van der Waals surface area contributed by atoms with E-state index in [1.54, 1.807) is 6.92 Å². The summed E-state index contributed by atoms with van der Waals surface area (Å²) in [5.41, 5.74) is 0.0816. The van der Waals surface area contributed by atoms with E-state index in [0.29, 0.717) is 6.42 Å². The Labute approximate surface area is 69.2 Å². The van der Waals surface area contributed by atoms with Crippen molar-refractivity contribution in [3.05, 3.63) is 0 Å². The average Bonchev–Trinajstić information content (AvgIpc) is 1.81. The van der Waals surface area contributed by atoms with Crippen LogP contribution in [0.1, 0.15) is 40.0 Å². The lowest BCUT2D eigenvalue weighted by Gasteiger charge is -2.21. The normalized spacial score (nSPS) is 10.7. The van der Waals surface area contributed by atoms with Crippen molar-refractivity contribution >= 4 is 5.78 Å². The number of carbonyl (C=O) groups excluding carboxylic acids is 1. The molecule has 0 radical (unpaired) electrons. The van der Waals surface area contributed by atoms with Gasteiger partial charge < -0.3 is 4.79 Å². The Bertz CT molecular complexity index is 172. The highest BCUT2D eigenvalue weighted by atomic mass is 16.1. The summed E-state index contributed by atoms with van der Waals surface area (Å²) in [5, 5.41) is 0. The lowest BCUT2D eigenvalue weighted by molar-refractivity contribution is -0.118. The summed E-state index contributed by atoms with van der Waals surface area (Å²) in [5.74, 6) is 2.83. The van der Waals surface area contributed by atoms with Crippen LogP contribution in [-0.2, 0) is 4.79 Å². The molecule has 0 fully saturated rings. The van der Waals surface area contributed by atoms with Gasteiger partial charge in [-0.2, -0.15) is 0 Å². The van der Waals surface area contributed by atoms with Crippen LogP contribution >= 0.6 is 0 Å². The van der Waals surface area contributed by atoms with Crippen molar-refractivity contribution in [3.8, 4) is 12.3 Å². The summed E-state index contributed by atoms with van der Waals surface area (Å²) >= 11 is 0. The molecule has 0 saturated heterocycles. The number of carbonyl (C=O) groups is 1. The molecular formula is C10H16O. The van der Waals surface area contributed by atoms with Crippen molar-refractivity contribution in [3.63, 3.8) is 0 Å². The van der Waals surface area contributed by atoms with Crippen molar-refractivity contribution in [1.29, 1.82) is 0 Å². The van der Waals surface area contributed by atoms with E-state index in [1.165, 1.54) is 0 Å². The Hall–Kier alpha value is -0.770. The first-order valence-electron chi connectivity index (χ1n) is 3.91. The van der Waals surface area contributed by atoms with E-state index in [9.17, 15) is 4.79 Å². The largest absolute Gasteiger partial charge is 0.300 e. The molecule has 0 aliphatic heterocycles. The second-order valence-corrected chi connectivity index (χ2v) is 3.75. The van der Waals surface area contributed by atoms with Gasteiger partial charge in [0.15, 0.2) is 0 Å². The maximum absolute atomic E-state index is 10.8. The van der Waals surface area contributed by atoms with Gasteiger partial charge in [0.1, 0.15) is 5.78 Å². The van der Waals surface area contributed by atoms with Crippen LogP contribution in [0.5, 0.6) is 0 Å². The molecule has 11 heavy (non-hydrogen) atoms. The smallest absolute Gasteiger partial charge is 0.130 e. The summed E-state index contributed by atoms with van der Waals surface area (Å²) in [4.78, 5) is 10.8. The van der Waals surface area contributed by atoms with Gasteiger partial charge in [0, 0.05) is 12.8 Å². The number of rotatable bonds is 4. The van der Waals surface area contributed by atoms with Crippen molar-refractivity contribution in [2.45, 2.75) is 40.0 Å². The first-order chi connectivity index (χ1) is 4.98. The Morgan fingerprint density at radius 1 is 1.55 bits per heavy atom. The topological polar surface area (TPSA) is 17.1 Å². The summed E-state index contributed by atoms with van der Waals surface area (Å²) in [7, 11) is 0. The third-order valence-corrected chi connectivity index (χ3v) is 1.67. The molecule has 0 N–H and O–H groups in total. The molecule has 0 bridgehead atoms. The number of Topliss-reactive ketones (excluding diaryl/α,β-unsaturated/α-hetero) is 1. The van der Waals surface area contributed by atoms with Crippen LogP contribution in [-0.4, -0.2) is 5.78 Å². The molecule has 0 aromatic carbocycles. The fourth-order valence-corrected chi connectivity index (χ4v) is 1.17. The van der Waals surface area contributed by atoms with Gasteiger partial charge in [0.05, 0.1) is 0 Å². The van der Waals surface area contributed by atoms with Gasteiger partial charge in [0.25, 0.3) is 0 Å². The first-order valence-corrected chi connectivity index (χ1v) is 3.91. The second kappa shape index (κ2) is 4.18. The molecule has 0 saturated carbocycles. The summed E-state index contributed by atoms with van der Waals surface area (Å²) < 4.78 is 0. The highest BCUT2D eigenvalue weighted by Crippen LogP contribution is 2.26. The second-order valence-electron chi connectivity index (χ2n) is 3.75. The summed E-state index contributed by atoms with van der Waals surface area (Å²) in [6.45, 7) is 5.77.